The van der Waals surface area contributed by atoms with E-state index in [4.69, 9.17) is 5.73 Å². The van der Waals surface area contributed by atoms with Crippen molar-refractivity contribution in [3.8, 4) is 0 Å². The summed E-state index contributed by atoms with van der Waals surface area (Å²) in [5.74, 6) is 0.457. The van der Waals surface area contributed by atoms with Crippen LogP contribution < -0.4 is 5.73 Å². The summed E-state index contributed by atoms with van der Waals surface area (Å²) >= 11 is 0. The van der Waals surface area contributed by atoms with Gasteiger partial charge in [-0.15, -0.1) is 0 Å². The molecule has 2 N–H and O–H groups in total. The summed E-state index contributed by atoms with van der Waals surface area (Å²) in [7, 11) is -3.17. The first-order chi connectivity index (χ1) is 8.83. The van der Waals surface area contributed by atoms with E-state index in [-0.39, 0.29) is 11.3 Å². The van der Waals surface area contributed by atoms with Crippen molar-refractivity contribution in [2.24, 2.45) is 11.7 Å². The molecular formula is C14H22N2O2S. The average molecular weight is 282 g/mol. The number of aryl methyl sites for hydroxylation is 1. The highest BCUT2D eigenvalue weighted by Crippen LogP contribution is 2.28. The third-order valence-corrected chi connectivity index (χ3v) is 5.74. The van der Waals surface area contributed by atoms with Crippen molar-refractivity contribution in [3.63, 3.8) is 0 Å². The van der Waals surface area contributed by atoms with E-state index < -0.39 is 10.0 Å². The summed E-state index contributed by atoms with van der Waals surface area (Å²) in [6, 6.07) is 9.68. The Balaban J connectivity index is 1.91. The molecule has 19 heavy (non-hydrogen) atoms. The van der Waals surface area contributed by atoms with Crippen molar-refractivity contribution in [1.82, 2.24) is 4.31 Å². The second kappa shape index (κ2) is 5.23. The summed E-state index contributed by atoms with van der Waals surface area (Å²) in [6.45, 7) is 4.96. The molecular weight excluding hydrogens is 260 g/mol. The van der Waals surface area contributed by atoms with Gasteiger partial charge in [-0.25, -0.2) is 8.42 Å². The number of hydrogen-bond acceptors (Lipinski definition) is 3. The zero-order valence-corrected chi connectivity index (χ0v) is 12.4. The molecule has 0 radical (unpaired) electrons. The Hall–Kier alpha value is -0.910. The van der Waals surface area contributed by atoms with Crippen molar-refractivity contribution >= 4 is 10.0 Å². The summed E-state index contributed by atoms with van der Waals surface area (Å²) in [6.07, 6.45) is 0.554. The van der Waals surface area contributed by atoms with Crippen LogP contribution in [-0.2, 0) is 16.4 Å². The zero-order chi connectivity index (χ0) is 14.1. The monoisotopic (exact) mass is 282 g/mol. The van der Waals surface area contributed by atoms with Gasteiger partial charge in [0.1, 0.15) is 0 Å². The molecule has 4 nitrogen and oxygen atoms in total. The van der Waals surface area contributed by atoms with Crippen molar-refractivity contribution in [2.75, 3.05) is 18.8 Å². The second-order valence-electron chi connectivity index (χ2n) is 5.71. The Labute approximate surface area is 115 Å². The third kappa shape index (κ3) is 3.16. The van der Waals surface area contributed by atoms with Gasteiger partial charge >= 0.3 is 0 Å². The number of nitrogens with zero attached hydrogens (tertiary/aromatic N) is 1. The van der Waals surface area contributed by atoms with Gasteiger partial charge in [-0.05, 0) is 17.9 Å². The molecule has 1 saturated heterocycles. The van der Waals surface area contributed by atoms with Gasteiger partial charge in [0.25, 0.3) is 0 Å². The molecule has 106 valence electrons. The number of hydrogen-bond donors (Lipinski definition) is 1. The van der Waals surface area contributed by atoms with E-state index in [0.29, 0.717) is 25.4 Å². The van der Waals surface area contributed by atoms with Crippen LogP contribution in [0, 0.1) is 5.92 Å². The van der Waals surface area contributed by atoms with Crippen LogP contribution in [0.5, 0.6) is 0 Å². The SMILES string of the molecule is CC(C)C1(N)CN(S(=O)(=O)CCc2ccccc2)C1. The molecule has 5 heteroatoms. The smallest absolute Gasteiger partial charge is 0.214 e. The minimum absolute atomic E-state index is 0.158. The van der Waals surface area contributed by atoms with Crippen LogP contribution in [0.4, 0.5) is 0 Å². The Bertz CT molecular complexity index is 520. The fourth-order valence-electron chi connectivity index (χ4n) is 2.19. The summed E-state index contributed by atoms with van der Waals surface area (Å²) in [4.78, 5) is 0. The Morgan fingerprint density at radius 2 is 1.84 bits per heavy atom. The third-order valence-electron chi connectivity index (χ3n) is 3.98. The van der Waals surface area contributed by atoms with Crippen LogP contribution in [0.3, 0.4) is 0 Å². The largest absolute Gasteiger partial charge is 0.323 e. The number of nitrogens with two attached hydrogens (primary N) is 1. The Morgan fingerprint density at radius 3 is 2.37 bits per heavy atom. The molecule has 1 aliphatic rings. The van der Waals surface area contributed by atoms with Gasteiger partial charge in [-0.1, -0.05) is 44.2 Å². The maximum Gasteiger partial charge on any atom is 0.214 e. The van der Waals surface area contributed by atoms with E-state index in [0.717, 1.165) is 5.56 Å². The first kappa shape index (κ1) is 14.5. The van der Waals surface area contributed by atoms with Crippen LogP contribution in [0.2, 0.25) is 0 Å². The maximum atomic E-state index is 12.2. The molecule has 1 fully saturated rings. The van der Waals surface area contributed by atoms with E-state index in [9.17, 15) is 8.42 Å². The van der Waals surface area contributed by atoms with Crippen LogP contribution in [-0.4, -0.2) is 37.1 Å². The van der Waals surface area contributed by atoms with Crippen molar-refractivity contribution in [3.05, 3.63) is 35.9 Å². The van der Waals surface area contributed by atoms with E-state index in [1.54, 1.807) is 0 Å². The van der Waals surface area contributed by atoms with Gasteiger partial charge in [0.05, 0.1) is 5.75 Å². The summed E-state index contributed by atoms with van der Waals surface area (Å²) < 4.78 is 25.8. The Kier molecular flexibility index (Phi) is 3.99. The van der Waals surface area contributed by atoms with E-state index in [2.05, 4.69) is 0 Å². The lowest BCUT2D eigenvalue weighted by molar-refractivity contribution is 0.110. The quantitative estimate of drug-likeness (QED) is 0.883. The minimum Gasteiger partial charge on any atom is -0.323 e. The molecule has 2 rings (SSSR count). The molecule has 0 amide bonds. The number of rotatable bonds is 5. The highest BCUT2D eigenvalue weighted by molar-refractivity contribution is 7.89. The highest BCUT2D eigenvalue weighted by atomic mass is 32.2. The molecule has 0 spiro atoms. The Morgan fingerprint density at radius 1 is 1.26 bits per heavy atom. The molecule has 0 unspecified atom stereocenters. The van der Waals surface area contributed by atoms with Gasteiger partial charge in [0.2, 0.25) is 10.0 Å². The van der Waals surface area contributed by atoms with E-state index in [1.165, 1.54) is 4.31 Å². The minimum atomic E-state index is -3.17. The molecule has 0 bridgehead atoms. The standard InChI is InChI=1S/C14H22N2O2S/c1-12(2)14(15)10-16(11-14)19(17,18)9-8-13-6-4-3-5-7-13/h3-7,12H,8-11,15H2,1-2H3. The van der Waals surface area contributed by atoms with Crippen molar-refractivity contribution in [1.29, 1.82) is 0 Å². The van der Waals surface area contributed by atoms with Gasteiger partial charge < -0.3 is 5.73 Å². The number of sulfonamides is 1. The first-order valence-corrected chi connectivity index (χ1v) is 8.25. The lowest BCUT2D eigenvalue weighted by atomic mass is 9.82. The predicted octanol–water partition coefficient (Wildman–Crippen LogP) is 1.23. The predicted molar refractivity (Wildman–Crippen MR) is 77.3 cm³/mol. The van der Waals surface area contributed by atoms with Crippen molar-refractivity contribution < 1.29 is 8.42 Å². The maximum absolute atomic E-state index is 12.2. The summed E-state index contributed by atoms with van der Waals surface area (Å²) in [5, 5.41) is 0. The van der Waals surface area contributed by atoms with E-state index in [1.807, 2.05) is 44.2 Å². The lowest BCUT2D eigenvalue weighted by Gasteiger charge is -2.49. The molecule has 0 aromatic heterocycles. The molecule has 1 aromatic rings. The second-order valence-corrected chi connectivity index (χ2v) is 7.80. The van der Waals surface area contributed by atoms with E-state index >= 15 is 0 Å². The zero-order valence-electron chi connectivity index (χ0n) is 11.5. The van der Waals surface area contributed by atoms with Crippen LogP contribution in [0.15, 0.2) is 30.3 Å². The number of benzene rings is 1. The molecule has 1 aromatic carbocycles. The highest BCUT2D eigenvalue weighted by Gasteiger charge is 2.46. The van der Waals surface area contributed by atoms with Gasteiger partial charge in [0, 0.05) is 18.6 Å². The fourth-order valence-corrected chi connectivity index (χ4v) is 3.82. The molecule has 1 aliphatic heterocycles. The topological polar surface area (TPSA) is 63.4 Å². The fraction of sp³-hybridized carbons (Fsp3) is 0.571. The molecule has 1 heterocycles. The average Bonchev–Trinajstić information content (AvgIpc) is 2.33. The molecule has 0 aliphatic carbocycles. The van der Waals surface area contributed by atoms with Gasteiger partial charge in [-0.2, -0.15) is 4.31 Å². The summed E-state index contributed by atoms with van der Waals surface area (Å²) in [5.41, 5.74) is 6.84. The lowest BCUT2D eigenvalue weighted by Crippen LogP contribution is -2.71. The van der Waals surface area contributed by atoms with Crippen LogP contribution in [0.25, 0.3) is 0 Å². The van der Waals surface area contributed by atoms with Crippen molar-refractivity contribution in [2.45, 2.75) is 25.8 Å². The van der Waals surface area contributed by atoms with Crippen LogP contribution in [0.1, 0.15) is 19.4 Å². The normalized spacial score (nSPS) is 19.4. The van der Waals surface area contributed by atoms with Crippen LogP contribution >= 0.6 is 0 Å². The van der Waals surface area contributed by atoms with Gasteiger partial charge in [0.15, 0.2) is 0 Å². The molecule has 0 atom stereocenters. The first-order valence-electron chi connectivity index (χ1n) is 6.64. The van der Waals surface area contributed by atoms with Gasteiger partial charge in [-0.3, -0.25) is 0 Å². The molecule has 0 saturated carbocycles.